The second-order valence-electron chi connectivity index (χ2n) is 9.64. The lowest BCUT2D eigenvalue weighted by Crippen LogP contribution is -2.43. The molecule has 1 aliphatic heterocycles. The fraction of sp³-hybridized carbons (Fsp3) is 0.429. The van der Waals surface area contributed by atoms with Crippen LogP contribution in [-0.2, 0) is 9.53 Å². The quantitative estimate of drug-likeness (QED) is 0.347. The van der Waals surface area contributed by atoms with Crippen molar-refractivity contribution in [3.8, 4) is 11.5 Å². The predicted octanol–water partition coefficient (Wildman–Crippen LogP) is 4.99. The number of rotatable bonds is 7. The number of hydrogen-bond donors (Lipinski definition) is 0. The SMILES string of the molecule is COc1cc(Cl)cc(C=Nn2c(C3CCCCC3)nc3ccc(Br)cc3c2=O)c1OCC(=O)N1CCOCC1. The van der Waals surface area contributed by atoms with E-state index in [1.165, 1.54) is 24.4 Å². The molecule has 2 fully saturated rings. The number of nitrogens with zero attached hydrogens (tertiary/aromatic N) is 4. The van der Waals surface area contributed by atoms with E-state index in [9.17, 15) is 9.59 Å². The van der Waals surface area contributed by atoms with E-state index in [0.29, 0.717) is 65.1 Å². The molecule has 1 aliphatic carbocycles. The Morgan fingerprint density at radius 1 is 1.21 bits per heavy atom. The minimum atomic E-state index is -0.253. The summed E-state index contributed by atoms with van der Waals surface area (Å²) in [6.07, 6.45) is 6.77. The molecule has 2 aromatic carbocycles. The highest BCUT2D eigenvalue weighted by molar-refractivity contribution is 9.10. The van der Waals surface area contributed by atoms with Crippen molar-refractivity contribution in [1.82, 2.24) is 14.6 Å². The zero-order valence-electron chi connectivity index (χ0n) is 21.7. The fourth-order valence-corrected chi connectivity index (χ4v) is 5.63. The number of morpholine rings is 1. The summed E-state index contributed by atoms with van der Waals surface area (Å²) in [7, 11) is 1.50. The second-order valence-corrected chi connectivity index (χ2v) is 11.0. The Kier molecular flexibility index (Phi) is 8.84. The number of amides is 1. The summed E-state index contributed by atoms with van der Waals surface area (Å²) in [6.45, 7) is 1.86. The van der Waals surface area contributed by atoms with Gasteiger partial charge in [0.2, 0.25) is 0 Å². The number of carbonyl (C=O) groups is 1. The number of benzene rings is 2. The van der Waals surface area contributed by atoms with Crippen LogP contribution in [0, 0.1) is 0 Å². The number of methoxy groups -OCH3 is 1. The molecule has 2 aliphatic rings. The van der Waals surface area contributed by atoms with Gasteiger partial charge in [0.25, 0.3) is 11.5 Å². The first kappa shape index (κ1) is 27.6. The van der Waals surface area contributed by atoms with Gasteiger partial charge in [-0.15, -0.1) is 0 Å². The van der Waals surface area contributed by atoms with Gasteiger partial charge in [-0.05, 0) is 37.1 Å². The van der Waals surface area contributed by atoms with Gasteiger partial charge in [0.15, 0.2) is 18.1 Å². The molecule has 3 aromatic rings. The van der Waals surface area contributed by atoms with Crippen LogP contribution in [0.5, 0.6) is 11.5 Å². The largest absolute Gasteiger partial charge is 0.493 e. The van der Waals surface area contributed by atoms with Gasteiger partial charge < -0.3 is 19.1 Å². The van der Waals surface area contributed by atoms with Crippen molar-refractivity contribution < 1.29 is 19.0 Å². The van der Waals surface area contributed by atoms with E-state index in [-0.39, 0.29) is 24.0 Å². The van der Waals surface area contributed by atoms with Crippen LogP contribution in [0.25, 0.3) is 10.9 Å². The van der Waals surface area contributed by atoms with Crippen LogP contribution in [0.3, 0.4) is 0 Å². The van der Waals surface area contributed by atoms with Gasteiger partial charge in [-0.1, -0.05) is 46.8 Å². The van der Waals surface area contributed by atoms with Crippen LogP contribution in [0.15, 0.2) is 44.7 Å². The molecule has 0 bridgehead atoms. The van der Waals surface area contributed by atoms with Gasteiger partial charge in [-0.3, -0.25) is 9.59 Å². The van der Waals surface area contributed by atoms with Crippen molar-refractivity contribution in [2.45, 2.75) is 38.0 Å². The summed E-state index contributed by atoms with van der Waals surface area (Å²) in [5.74, 6) is 1.30. The maximum atomic E-state index is 13.7. The number of carbonyl (C=O) groups excluding carboxylic acids is 1. The summed E-state index contributed by atoms with van der Waals surface area (Å²) in [5, 5.41) is 5.49. The molecule has 206 valence electrons. The average Bonchev–Trinajstić information content (AvgIpc) is 2.96. The Hall–Kier alpha value is -2.95. The lowest BCUT2D eigenvalue weighted by Gasteiger charge is -2.27. The number of ether oxygens (including phenoxy) is 3. The van der Waals surface area contributed by atoms with Crippen molar-refractivity contribution in [1.29, 1.82) is 0 Å². The third kappa shape index (κ3) is 6.28. The van der Waals surface area contributed by atoms with Gasteiger partial charge >= 0.3 is 0 Å². The van der Waals surface area contributed by atoms with Crippen LogP contribution in [0.2, 0.25) is 5.02 Å². The van der Waals surface area contributed by atoms with E-state index in [2.05, 4.69) is 21.0 Å². The maximum Gasteiger partial charge on any atom is 0.282 e. The van der Waals surface area contributed by atoms with Gasteiger partial charge in [-0.25, -0.2) is 4.98 Å². The first-order valence-electron chi connectivity index (χ1n) is 13.1. The Labute approximate surface area is 239 Å². The lowest BCUT2D eigenvalue weighted by atomic mass is 9.88. The van der Waals surface area contributed by atoms with E-state index >= 15 is 0 Å². The Morgan fingerprint density at radius 2 is 1.97 bits per heavy atom. The molecule has 1 saturated heterocycles. The number of fused-ring (bicyclic) bond motifs is 1. The van der Waals surface area contributed by atoms with E-state index < -0.39 is 0 Å². The molecule has 0 spiro atoms. The van der Waals surface area contributed by atoms with Crippen LogP contribution < -0.4 is 15.0 Å². The van der Waals surface area contributed by atoms with Gasteiger partial charge in [0.05, 0.1) is 37.4 Å². The normalized spacial score (nSPS) is 16.6. The molecule has 11 heteroatoms. The van der Waals surface area contributed by atoms with Gasteiger partial charge in [-0.2, -0.15) is 9.78 Å². The lowest BCUT2D eigenvalue weighted by molar-refractivity contribution is -0.137. The van der Waals surface area contributed by atoms with Crippen molar-refractivity contribution in [3.05, 3.63) is 61.6 Å². The minimum Gasteiger partial charge on any atom is -0.493 e. The smallest absolute Gasteiger partial charge is 0.282 e. The third-order valence-corrected chi connectivity index (χ3v) is 7.80. The summed E-state index contributed by atoms with van der Waals surface area (Å²) in [4.78, 5) is 33.0. The highest BCUT2D eigenvalue weighted by atomic mass is 79.9. The molecule has 0 unspecified atom stereocenters. The van der Waals surface area contributed by atoms with Crippen LogP contribution >= 0.6 is 27.5 Å². The average molecular weight is 618 g/mol. The Bertz CT molecular complexity index is 1450. The van der Waals surface area contributed by atoms with Crippen LogP contribution in [0.1, 0.15) is 49.4 Å². The topological polar surface area (TPSA) is 95.2 Å². The minimum absolute atomic E-state index is 0.132. The molecule has 2 heterocycles. The molecule has 0 atom stereocenters. The highest BCUT2D eigenvalue weighted by Crippen LogP contribution is 2.35. The van der Waals surface area contributed by atoms with Crippen molar-refractivity contribution in [3.63, 3.8) is 0 Å². The molecule has 9 nitrogen and oxygen atoms in total. The maximum absolute atomic E-state index is 13.7. The van der Waals surface area contributed by atoms with Crippen LogP contribution in [-0.4, -0.2) is 66.7 Å². The predicted molar refractivity (Wildman–Crippen MR) is 153 cm³/mol. The molecule has 1 aromatic heterocycles. The fourth-order valence-electron chi connectivity index (χ4n) is 5.05. The highest BCUT2D eigenvalue weighted by Gasteiger charge is 2.23. The first-order valence-corrected chi connectivity index (χ1v) is 14.2. The van der Waals surface area contributed by atoms with Gasteiger partial charge in [0.1, 0.15) is 5.82 Å². The molecule has 0 N–H and O–H groups in total. The summed E-state index contributed by atoms with van der Waals surface area (Å²) < 4.78 is 19.0. The number of aromatic nitrogens is 2. The van der Waals surface area contributed by atoms with Crippen LogP contribution in [0.4, 0.5) is 0 Å². The van der Waals surface area contributed by atoms with Gasteiger partial charge in [0, 0.05) is 40.1 Å². The standard InChI is InChI=1S/C28H30BrClN4O5/c1-37-24-15-21(30)13-19(26(24)39-17-25(35)33-9-11-38-12-10-33)16-31-34-27(18-5-3-2-4-6-18)32-23-8-7-20(29)14-22(23)28(34)36/h7-8,13-16,18H,2-6,9-12,17H2,1H3. The molecule has 1 saturated carbocycles. The second kappa shape index (κ2) is 12.5. The first-order chi connectivity index (χ1) is 18.9. The van der Waals surface area contributed by atoms with Crippen molar-refractivity contribution in [2.75, 3.05) is 40.0 Å². The van der Waals surface area contributed by atoms with Crippen molar-refractivity contribution in [2.24, 2.45) is 5.10 Å². The zero-order valence-corrected chi connectivity index (χ0v) is 24.0. The van der Waals surface area contributed by atoms with E-state index in [1.807, 2.05) is 12.1 Å². The number of halogens is 2. The molecule has 0 radical (unpaired) electrons. The summed E-state index contributed by atoms with van der Waals surface area (Å²) >= 11 is 9.83. The Morgan fingerprint density at radius 3 is 2.72 bits per heavy atom. The third-order valence-electron chi connectivity index (χ3n) is 7.09. The zero-order chi connectivity index (χ0) is 27.4. The van der Waals surface area contributed by atoms with E-state index in [0.717, 1.165) is 30.2 Å². The molecule has 39 heavy (non-hydrogen) atoms. The molecule has 5 rings (SSSR count). The molecular weight excluding hydrogens is 588 g/mol. The Balaban J connectivity index is 1.53. The molecular formula is C28H30BrClN4O5. The van der Waals surface area contributed by atoms with E-state index in [1.54, 1.807) is 23.1 Å². The molecule has 1 amide bonds. The monoisotopic (exact) mass is 616 g/mol. The summed E-state index contributed by atoms with van der Waals surface area (Å²) in [5.41, 5.74) is 0.868. The van der Waals surface area contributed by atoms with Crippen molar-refractivity contribution >= 4 is 50.6 Å². The summed E-state index contributed by atoms with van der Waals surface area (Å²) in [6, 6.07) is 8.77. The van der Waals surface area contributed by atoms with E-state index in [4.69, 9.17) is 30.8 Å². The number of hydrogen-bond acceptors (Lipinski definition) is 7.